The van der Waals surface area contributed by atoms with E-state index in [-0.39, 0.29) is 5.56 Å². The molecule has 102 valence electrons. The van der Waals surface area contributed by atoms with Crippen LogP contribution >= 0.6 is 23.6 Å². The second-order valence-corrected chi connectivity index (χ2v) is 6.15. The van der Waals surface area contributed by atoms with E-state index in [9.17, 15) is 4.79 Å². The van der Waals surface area contributed by atoms with E-state index in [1.54, 1.807) is 15.9 Å². The van der Waals surface area contributed by atoms with Crippen molar-refractivity contribution >= 4 is 43.9 Å². The molecular formula is C16H10N2OS2. The molecule has 4 aromatic rings. The molecule has 0 saturated heterocycles. The molecule has 5 heteroatoms. The number of aromatic amines is 1. The summed E-state index contributed by atoms with van der Waals surface area (Å²) in [5.41, 5.74) is 0.707. The molecule has 3 nitrogen and oxygen atoms in total. The highest BCUT2D eigenvalue weighted by Gasteiger charge is 2.12. The van der Waals surface area contributed by atoms with E-state index in [1.807, 2.05) is 54.6 Å². The summed E-state index contributed by atoms with van der Waals surface area (Å²) < 4.78 is 3.06. The molecule has 0 radical (unpaired) electrons. The first-order valence-corrected chi connectivity index (χ1v) is 7.70. The van der Waals surface area contributed by atoms with Gasteiger partial charge in [-0.2, -0.15) is 0 Å². The van der Waals surface area contributed by atoms with Gasteiger partial charge in [-0.15, -0.1) is 11.3 Å². The van der Waals surface area contributed by atoms with Crippen molar-refractivity contribution in [3.63, 3.8) is 0 Å². The van der Waals surface area contributed by atoms with E-state index < -0.39 is 0 Å². The minimum atomic E-state index is -0.0719. The Hall–Kier alpha value is -2.24. The molecule has 21 heavy (non-hydrogen) atoms. The minimum Gasteiger partial charge on any atom is -0.323 e. The third-order valence-electron chi connectivity index (χ3n) is 3.45. The van der Waals surface area contributed by atoms with Crippen LogP contribution in [-0.4, -0.2) is 9.55 Å². The largest absolute Gasteiger partial charge is 0.323 e. The van der Waals surface area contributed by atoms with Gasteiger partial charge in [-0.25, -0.2) is 0 Å². The lowest BCUT2D eigenvalue weighted by Crippen LogP contribution is -2.19. The third-order valence-corrected chi connectivity index (χ3v) is 4.82. The molecule has 0 bridgehead atoms. The maximum absolute atomic E-state index is 12.9. The summed E-state index contributed by atoms with van der Waals surface area (Å²) >= 11 is 6.93. The molecule has 0 aliphatic rings. The average Bonchev–Trinajstić information content (AvgIpc) is 2.86. The first-order valence-electron chi connectivity index (χ1n) is 6.48. The quantitative estimate of drug-likeness (QED) is 0.533. The maximum Gasteiger partial charge on any atom is 0.268 e. The molecule has 0 spiro atoms. The molecule has 0 fully saturated rings. The number of nitrogens with one attached hydrogen (secondary N) is 1. The Labute approximate surface area is 129 Å². The molecule has 2 aromatic heterocycles. The Morgan fingerprint density at radius 1 is 1.00 bits per heavy atom. The molecular weight excluding hydrogens is 300 g/mol. The highest BCUT2D eigenvalue weighted by Crippen LogP contribution is 2.30. The van der Waals surface area contributed by atoms with Crippen LogP contribution in [0.3, 0.4) is 0 Å². The van der Waals surface area contributed by atoms with Crippen LogP contribution in [0.15, 0.2) is 59.4 Å². The third kappa shape index (κ3) is 1.86. The SMILES string of the molecule is O=c1c2c([nH]c(=S)n1-c1ccccc1)sc1ccccc12. The second-order valence-electron chi connectivity index (χ2n) is 4.71. The summed E-state index contributed by atoms with van der Waals surface area (Å²) in [5.74, 6) is 0. The van der Waals surface area contributed by atoms with Crippen molar-refractivity contribution in [3.05, 3.63) is 69.7 Å². The van der Waals surface area contributed by atoms with Gasteiger partial charge in [0.2, 0.25) is 0 Å². The van der Waals surface area contributed by atoms with Gasteiger partial charge < -0.3 is 4.98 Å². The van der Waals surface area contributed by atoms with Crippen LogP contribution in [0.25, 0.3) is 26.0 Å². The number of benzene rings is 2. The number of hydrogen-bond acceptors (Lipinski definition) is 3. The minimum absolute atomic E-state index is 0.0719. The van der Waals surface area contributed by atoms with Crippen molar-refractivity contribution in [1.29, 1.82) is 0 Å². The number of fused-ring (bicyclic) bond motifs is 3. The van der Waals surface area contributed by atoms with Gasteiger partial charge in [0.15, 0.2) is 4.77 Å². The fourth-order valence-electron chi connectivity index (χ4n) is 2.51. The Morgan fingerprint density at radius 2 is 1.71 bits per heavy atom. The molecule has 0 unspecified atom stereocenters. The summed E-state index contributed by atoms with van der Waals surface area (Å²) in [5, 5.41) is 1.67. The van der Waals surface area contributed by atoms with Crippen LogP contribution < -0.4 is 5.56 Å². The molecule has 2 heterocycles. The Morgan fingerprint density at radius 3 is 2.52 bits per heavy atom. The van der Waals surface area contributed by atoms with Crippen molar-refractivity contribution in [1.82, 2.24) is 9.55 Å². The first-order chi connectivity index (χ1) is 10.3. The highest BCUT2D eigenvalue weighted by atomic mass is 32.1. The summed E-state index contributed by atoms with van der Waals surface area (Å²) in [6.07, 6.45) is 0. The van der Waals surface area contributed by atoms with Crippen LogP contribution in [0.1, 0.15) is 0 Å². The summed E-state index contributed by atoms with van der Waals surface area (Å²) in [6.45, 7) is 0. The fourth-order valence-corrected chi connectivity index (χ4v) is 3.96. The van der Waals surface area contributed by atoms with Gasteiger partial charge in [-0.05, 0) is 30.4 Å². The van der Waals surface area contributed by atoms with Gasteiger partial charge in [0.1, 0.15) is 4.83 Å². The molecule has 0 saturated carbocycles. The summed E-state index contributed by atoms with van der Waals surface area (Å²) in [4.78, 5) is 16.9. The average molecular weight is 310 g/mol. The number of H-pyrrole nitrogens is 1. The van der Waals surface area contributed by atoms with E-state index in [2.05, 4.69) is 4.98 Å². The Balaban J connectivity index is 2.21. The number of hydrogen-bond donors (Lipinski definition) is 1. The highest BCUT2D eigenvalue weighted by molar-refractivity contribution is 7.71. The number of nitrogens with zero attached hydrogens (tertiary/aromatic N) is 1. The Bertz CT molecular complexity index is 1070. The predicted molar refractivity (Wildman–Crippen MR) is 90.1 cm³/mol. The number of thiophene rings is 1. The summed E-state index contributed by atoms with van der Waals surface area (Å²) in [7, 11) is 0. The number of aromatic nitrogens is 2. The van der Waals surface area contributed by atoms with Crippen molar-refractivity contribution in [2.45, 2.75) is 0 Å². The van der Waals surface area contributed by atoms with Crippen molar-refractivity contribution in [3.8, 4) is 5.69 Å². The van der Waals surface area contributed by atoms with E-state index in [4.69, 9.17) is 12.2 Å². The van der Waals surface area contributed by atoms with Gasteiger partial charge in [0.05, 0.1) is 11.1 Å². The van der Waals surface area contributed by atoms with E-state index >= 15 is 0 Å². The van der Waals surface area contributed by atoms with Crippen LogP contribution in [0.2, 0.25) is 0 Å². The zero-order valence-electron chi connectivity index (χ0n) is 10.9. The van der Waals surface area contributed by atoms with E-state index in [0.29, 0.717) is 10.2 Å². The lowest BCUT2D eigenvalue weighted by molar-refractivity contribution is 0.944. The van der Waals surface area contributed by atoms with E-state index in [1.165, 1.54) is 0 Å². The number of para-hydroxylation sites is 1. The first kappa shape index (κ1) is 12.5. The van der Waals surface area contributed by atoms with Crippen molar-refractivity contribution in [2.24, 2.45) is 0 Å². The second kappa shape index (κ2) is 4.65. The molecule has 0 aliphatic carbocycles. The normalized spacial score (nSPS) is 11.2. The molecule has 0 amide bonds. The van der Waals surface area contributed by atoms with Crippen LogP contribution in [0, 0.1) is 4.77 Å². The molecule has 0 aliphatic heterocycles. The lowest BCUT2D eigenvalue weighted by Gasteiger charge is -2.05. The monoisotopic (exact) mass is 310 g/mol. The Kier molecular flexibility index (Phi) is 2.77. The van der Waals surface area contributed by atoms with Gasteiger partial charge in [-0.1, -0.05) is 36.4 Å². The predicted octanol–water partition coefficient (Wildman–Crippen LogP) is 4.26. The molecule has 2 aromatic carbocycles. The van der Waals surface area contributed by atoms with Crippen LogP contribution in [0.4, 0.5) is 0 Å². The number of rotatable bonds is 1. The zero-order valence-corrected chi connectivity index (χ0v) is 12.5. The van der Waals surface area contributed by atoms with Crippen LogP contribution in [-0.2, 0) is 0 Å². The van der Waals surface area contributed by atoms with Gasteiger partial charge in [0, 0.05) is 10.1 Å². The lowest BCUT2D eigenvalue weighted by atomic mass is 10.2. The van der Waals surface area contributed by atoms with Crippen molar-refractivity contribution in [2.75, 3.05) is 0 Å². The van der Waals surface area contributed by atoms with Crippen molar-refractivity contribution < 1.29 is 0 Å². The smallest absolute Gasteiger partial charge is 0.268 e. The van der Waals surface area contributed by atoms with Crippen LogP contribution in [0.5, 0.6) is 0 Å². The molecule has 1 N–H and O–H groups in total. The molecule has 0 atom stereocenters. The topological polar surface area (TPSA) is 37.8 Å². The van der Waals surface area contributed by atoms with Gasteiger partial charge >= 0.3 is 0 Å². The fraction of sp³-hybridized carbons (Fsp3) is 0. The van der Waals surface area contributed by atoms with E-state index in [0.717, 1.165) is 20.6 Å². The maximum atomic E-state index is 12.9. The molecule has 4 rings (SSSR count). The van der Waals surface area contributed by atoms with Gasteiger partial charge in [0.25, 0.3) is 5.56 Å². The standard InChI is InChI=1S/C16H10N2OS2/c19-15-13-11-8-4-5-9-12(11)21-14(13)17-16(20)18(15)10-6-2-1-3-7-10/h1-9H,(H,17,20). The summed E-state index contributed by atoms with van der Waals surface area (Å²) in [6, 6.07) is 17.4. The zero-order chi connectivity index (χ0) is 14.4. The van der Waals surface area contributed by atoms with Gasteiger partial charge in [-0.3, -0.25) is 9.36 Å².